The Bertz CT molecular complexity index is 566. The summed E-state index contributed by atoms with van der Waals surface area (Å²) in [4.78, 5) is 0.0832. The quantitative estimate of drug-likeness (QED) is 0.826. The van der Waals surface area contributed by atoms with Crippen molar-refractivity contribution in [2.75, 3.05) is 20.7 Å². The number of ether oxygens (including phenoxy) is 1. The third kappa shape index (κ3) is 3.22. The highest BCUT2D eigenvalue weighted by Crippen LogP contribution is 2.29. The number of rotatable bonds is 5. The Hall–Kier alpha value is -1.10. The highest BCUT2D eigenvalue weighted by atomic mass is 79.9. The van der Waals surface area contributed by atoms with Gasteiger partial charge >= 0.3 is 0 Å². The van der Waals surface area contributed by atoms with E-state index < -0.39 is 10.0 Å². The monoisotopic (exact) mass is 332 g/mol. The third-order valence-corrected chi connectivity index (χ3v) is 4.72. The lowest BCUT2D eigenvalue weighted by atomic mass is 10.3. The van der Waals surface area contributed by atoms with Crippen molar-refractivity contribution in [3.05, 3.63) is 22.7 Å². The van der Waals surface area contributed by atoms with Gasteiger partial charge in [0.25, 0.3) is 0 Å². The molecule has 0 heterocycles. The van der Waals surface area contributed by atoms with Crippen molar-refractivity contribution in [2.45, 2.75) is 11.3 Å². The zero-order valence-corrected chi connectivity index (χ0v) is 12.5. The zero-order chi connectivity index (χ0) is 13.8. The second-order valence-electron chi connectivity index (χ2n) is 3.53. The molecule has 0 fully saturated rings. The summed E-state index contributed by atoms with van der Waals surface area (Å²) in [6.45, 7) is 0.147. The Morgan fingerprint density at radius 2 is 2.17 bits per heavy atom. The minimum absolute atomic E-state index is 0.0832. The van der Waals surface area contributed by atoms with E-state index in [1.54, 1.807) is 12.1 Å². The van der Waals surface area contributed by atoms with E-state index in [-0.39, 0.29) is 23.6 Å². The highest BCUT2D eigenvalue weighted by molar-refractivity contribution is 9.10. The Balaban J connectivity index is 3.19. The van der Waals surface area contributed by atoms with Crippen LogP contribution in [0.3, 0.4) is 0 Å². The second-order valence-corrected chi connectivity index (χ2v) is 6.46. The van der Waals surface area contributed by atoms with Crippen LogP contribution in [0, 0.1) is 11.3 Å². The summed E-state index contributed by atoms with van der Waals surface area (Å²) in [5, 5.41) is 8.49. The van der Waals surface area contributed by atoms with Crippen molar-refractivity contribution in [3.8, 4) is 11.8 Å². The Morgan fingerprint density at radius 1 is 1.50 bits per heavy atom. The smallest absolute Gasteiger partial charge is 0.246 e. The zero-order valence-electron chi connectivity index (χ0n) is 10.1. The molecule has 0 aliphatic rings. The molecular weight excluding hydrogens is 320 g/mol. The maximum Gasteiger partial charge on any atom is 0.246 e. The molecule has 7 heteroatoms. The minimum atomic E-state index is -3.65. The summed E-state index contributed by atoms with van der Waals surface area (Å²) in [5.74, 6) is 0.280. The van der Waals surface area contributed by atoms with Gasteiger partial charge in [-0.05, 0) is 18.2 Å². The molecule has 0 N–H and O–H groups in total. The lowest BCUT2D eigenvalue weighted by Crippen LogP contribution is -2.28. The first kappa shape index (κ1) is 15.0. The molecule has 1 aromatic carbocycles. The molecule has 98 valence electrons. The van der Waals surface area contributed by atoms with Crippen LogP contribution in [-0.4, -0.2) is 33.4 Å². The van der Waals surface area contributed by atoms with Crippen LogP contribution in [0.25, 0.3) is 0 Å². The van der Waals surface area contributed by atoms with Crippen LogP contribution in [0.15, 0.2) is 27.6 Å². The average molecular weight is 333 g/mol. The fourth-order valence-electron chi connectivity index (χ4n) is 1.35. The number of hydrogen-bond acceptors (Lipinski definition) is 4. The van der Waals surface area contributed by atoms with E-state index in [0.29, 0.717) is 4.47 Å². The molecule has 1 rings (SSSR count). The summed E-state index contributed by atoms with van der Waals surface area (Å²) in [6, 6.07) is 6.68. The van der Waals surface area contributed by atoms with E-state index in [0.717, 1.165) is 4.31 Å². The number of hydrogen-bond donors (Lipinski definition) is 0. The van der Waals surface area contributed by atoms with Crippen molar-refractivity contribution in [2.24, 2.45) is 0 Å². The first-order valence-corrected chi connectivity index (χ1v) is 7.33. The first-order valence-electron chi connectivity index (χ1n) is 5.10. The van der Waals surface area contributed by atoms with Gasteiger partial charge in [-0.3, -0.25) is 0 Å². The van der Waals surface area contributed by atoms with Gasteiger partial charge in [-0.1, -0.05) is 15.9 Å². The molecule has 18 heavy (non-hydrogen) atoms. The largest absolute Gasteiger partial charge is 0.495 e. The topological polar surface area (TPSA) is 70.4 Å². The van der Waals surface area contributed by atoms with Gasteiger partial charge in [0.05, 0.1) is 13.2 Å². The van der Waals surface area contributed by atoms with Crippen LogP contribution in [0.5, 0.6) is 5.75 Å². The van der Waals surface area contributed by atoms with Crippen LogP contribution in [-0.2, 0) is 10.0 Å². The highest BCUT2D eigenvalue weighted by Gasteiger charge is 2.24. The molecule has 0 bridgehead atoms. The van der Waals surface area contributed by atoms with Gasteiger partial charge < -0.3 is 4.74 Å². The van der Waals surface area contributed by atoms with Gasteiger partial charge in [-0.15, -0.1) is 0 Å². The molecule has 0 aliphatic carbocycles. The van der Waals surface area contributed by atoms with Gasteiger partial charge in [0.2, 0.25) is 10.0 Å². The number of halogens is 1. The van der Waals surface area contributed by atoms with Crippen LogP contribution in [0.4, 0.5) is 0 Å². The van der Waals surface area contributed by atoms with Crippen molar-refractivity contribution in [1.82, 2.24) is 4.31 Å². The van der Waals surface area contributed by atoms with E-state index in [2.05, 4.69) is 15.9 Å². The molecule has 0 saturated heterocycles. The molecule has 0 unspecified atom stereocenters. The number of nitriles is 1. The van der Waals surface area contributed by atoms with Gasteiger partial charge in [-0.25, -0.2) is 8.42 Å². The Labute approximate surface area is 115 Å². The van der Waals surface area contributed by atoms with Crippen LogP contribution >= 0.6 is 15.9 Å². The fraction of sp³-hybridized carbons (Fsp3) is 0.364. The predicted octanol–water partition coefficient (Wildman–Crippen LogP) is 1.99. The van der Waals surface area contributed by atoms with Crippen LogP contribution in [0.1, 0.15) is 6.42 Å². The second kappa shape index (κ2) is 6.18. The molecule has 5 nitrogen and oxygen atoms in total. The van der Waals surface area contributed by atoms with Crippen molar-refractivity contribution < 1.29 is 13.2 Å². The average Bonchev–Trinajstić information content (AvgIpc) is 2.35. The molecule has 0 spiro atoms. The van der Waals surface area contributed by atoms with E-state index in [1.165, 1.54) is 20.2 Å². The van der Waals surface area contributed by atoms with Crippen molar-refractivity contribution >= 4 is 26.0 Å². The number of methoxy groups -OCH3 is 1. The summed E-state index contributed by atoms with van der Waals surface area (Å²) in [5.41, 5.74) is 0. The number of sulfonamides is 1. The molecule has 0 saturated carbocycles. The fourth-order valence-corrected chi connectivity index (χ4v) is 3.21. The van der Waals surface area contributed by atoms with E-state index in [9.17, 15) is 8.42 Å². The maximum atomic E-state index is 12.3. The lowest BCUT2D eigenvalue weighted by molar-refractivity contribution is 0.398. The van der Waals surface area contributed by atoms with E-state index in [1.807, 2.05) is 6.07 Å². The van der Waals surface area contributed by atoms with Crippen LogP contribution in [0.2, 0.25) is 0 Å². The molecule has 0 aromatic heterocycles. The van der Waals surface area contributed by atoms with Crippen molar-refractivity contribution in [1.29, 1.82) is 5.26 Å². The molecular formula is C11H13BrN2O3S. The van der Waals surface area contributed by atoms with E-state index in [4.69, 9.17) is 10.00 Å². The van der Waals surface area contributed by atoms with E-state index >= 15 is 0 Å². The number of benzene rings is 1. The van der Waals surface area contributed by atoms with Crippen LogP contribution < -0.4 is 4.74 Å². The molecule has 0 amide bonds. The summed E-state index contributed by atoms with van der Waals surface area (Å²) in [6.07, 6.45) is 0.145. The van der Waals surface area contributed by atoms with Gasteiger partial charge in [-0.2, -0.15) is 9.57 Å². The van der Waals surface area contributed by atoms with Gasteiger partial charge in [0.15, 0.2) is 0 Å². The minimum Gasteiger partial charge on any atom is -0.495 e. The van der Waals surface area contributed by atoms with Gasteiger partial charge in [0.1, 0.15) is 10.6 Å². The molecule has 1 aromatic rings. The molecule has 0 radical (unpaired) electrons. The Morgan fingerprint density at radius 3 is 2.72 bits per heavy atom. The standard InChI is InChI=1S/C11H13BrN2O3S/c1-14(7-3-6-13)18(15,16)11-8-9(12)4-5-10(11)17-2/h4-5,8H,3,7H2,1-2H3. The summed E-state index contributed by atoms with van der Waals surface area (Å²) < 4.78 is 31.4. The molecule has 0 aliphatic heterocycles. The Kier molecular flexibility index (Phi) is 5.14. The SMILES string of the molecule is COc1ccc(Br)cc1S(=O)(=O)N(C)CCC#N. The lowest BCUT2D eigenvalue weighted by Gasteiger charge is -2.17. The molecule has 0 atom stereocenters. The number of nitrogens with zero attached hydrogens (tertiary/aromatic N) is 2. The third-order valence-electron chi connectivity index (χ3n) is 2.35. The predicted molar refractivity (Wildman–Crippen MR) is 70.7 cm³/mol. The maximum absolute atomic E-state index is 12.3. The van der Waals surface area contributed by atoms with Crippen molar-refractivity contribution in [3.63, 3.8) is 0 Å². The summed E-state index contributed by atoms with van der Waals surface area (Å²) in [7, 11) is -0.798. The normalized spacial score (nSPS) is 11.3. The first-order chi connectivity index (χ1) is 8.43. The summed E-state index contributed by atoms with van der Waals surface area (Å²) >= 11 is 3.23. The van der Waals surface area contributed by atoms with Gasteiger partial charge in [0, 0.05) is 24.5 Å².